The first-order chi connectivity index (χ1) is 9.65. The fourth-order valence-corrected chi connectivity index (χ4v) is 2.18. The predicted octanol–water partition coefficient (Wildman–Crippen LogP) is 4.57. The molecule has 1 N–H and O–H groups in total. The van der Waals surface area contributed by atoms with Crippen molar-refractivity contribution in [2.24, 2.45) is 0 Å². The molecule has 0 aliphatic rings. The maximum atomic E-state index is 6.12. The Kier molecular flexibility index (Phi) is 5.62. The molecule has 2 aromatic rings. The zero-order chi connectivity index (χ0) is 14.4. The molecule has 106 valence electrons. The number of halogens is 1. The van der Waals surface area contributed by atoms with Gasteiger partial charge in [0.25, 0.3) is 0 Å². The molecule has 0 saturated carbocycles. The van der Waals surface area contributed by atoms with Crippen molar-refractivity contribution in [1.29, 1.82) is 0 Å². The topological polar surface area (TPSA) is 21.3 Å². The fraction of sp³-hybridized carbons (Fsp3) is 0.294. The van der Waals surface area contributed by atoms with Crippen LogP contribution in [0, 0.1) is 0 Å². The average Bonchev–Trinajstić information content (AvgIpc) is 2.46. The van der Waals surface area contributed by atoms with Crippen LogP contribution in [0.4, 0.5) is 0 Å². The number of benzene rings is 2. The van der Waals surface area contributed by atoms with Gasteiger partial charge in [-0.25, -0.2) is 0 Å². The molecule has 0 aliphatic carbocycles. The van der Waals surface area contributed by atoms with E-state index in [0.29, 0.717) is 6.04 Å². The van der Waals surface area contributed by atoms with Gasteiger partial charge in [0.2, 0.25) is 0 Å². The van der Waals surface area contributed by atoms with Crippen molar-refractivity contribution >= 4 is 15.9 Å². The zero-order valence-electron chi connectivity index (χ0n) is 11.8. The lowest BCUT2D eigenvalue weighted by molar-refractivity contribution is 0.198. The first-order valence-electron chi connectivity index (χ1n) is 6.85. The van der Waals surface area contributed by atoms with Crippen molar-refractivity contribution in [1.82, 2.24) is 5.32 Å². The van der Waals surface area contributed by atoms with Gasteiger partial charge in [-0.2, -0.15) is 0 Å². The molecular weight excluding hydrogens is 314 g/mol. The van der Waals surface area contributed by atoms with Gasteiger partial charge in [-0.1, -0.05) is 60.1 Å². The van der Waals surface area contributed by atoms with Crippen LogP contribution in [0.5, 0.6) is 5.75 Å². The maximum Gasteiger partial charge on any atom is 0.136 e. The lowest BCUT2D eigenvalue weighted by Gasteiger charge is -2.21. The van der Waals surface area contributed by atoms with E-state index in [1.54, 1.807) is 0 Å². The van der Waals surface area contributed by atoms with E-state index in [4.69, 9.17) is 4.74 Å². The van der Waals surface area contributed by atoms with Crippen LogP contribution in [-0.2, 0) is 0 Å². The van der Waals surface area contributed by atoms with E-state index in [-0.39, 0.29) is 6.10 Å². The summed E-state index contributed by atoms with van der Waals surface area (Å²) in [6.45, 7) is 5.07. The fourth-order valence-electron chi connectivity index (χ4n) is 1.92. The van der Waals surface area contributed by atoms with Gasteiger partial charge in [0.05, 0.1) is 0 Å². The van der Waals surface area contributed by atoms with Crippen molar-refractivity contribution < 1.29 is 4.74 Å². The summed E-state index contributed by atoms with van der Waals surface area (Å²) in [6, 6.07) is 18.7. The van der Waals surface area contributed by atoms with Crippen LogP contribution in [0.25, 0.3) is 0 Å². The summed E-state index contributed by atoms with van der Waals surface area (Å²) in [6.07, 6.45) is 0.0137. The van der Waals surface area contributed by atoms with Gasteiger partial charge in [0.15, 0.2) is 0 Å². The SMILES string of the molecule is CC(C)NCC(Oc1ccc(Br)cc1)c1ccccc1. The van der Waals surface area contributed by atoms with Gasteiger partial charge in [0, 0.05) is 17.1 Å². The van der Waals surface area contributed by atoms with Crippen LogP contribution < -0.4 is 10.1 Å². The first kappa shape index (κ1) is 15.1. The van der Waals surface area contributed by atoms with Gasteiger partial charge < -0.3 is 10.1 Å². The van der Waals surface area contributed by atoms with E-state index in [0.717, 1.165) is 16.8 Å². The Morgan fingerprint density at radius 3 is 2.25 bits per heavy atom. The monoisotopic (exact) mass is 333 g/mol. The predicted molar refractivity (Wildman–Crippen MR) is 87.1 cm³/mol. The lowest BCUT2D eigenvalue weighted by Crippen LogP contribution is -2.30. The lowest BCUT2D eigenvalue weighted by atomic mass is 10.1. The first-order valence-corrected chi connectivity index (χ1v) is 7.65. The van der Waals surface area contributed by atoms with Crippen LogP contribution in [0.2, 0.25) is 0 Å². The Bertz CT molecular complexity index is 510. The molecule has 0 heterocycles. The van der Waals surface area contributed by atoms with E-state index in [1.807, 2.05) is 42.5 Å². The van der Waals surface area contributed by atoms with Crippen LogP contribution >= 0.6 is 15.9 Å². The summed E-state index contributed by atoms with van der Waals surface area (Å²) in [4.78, 5) is 0. The highest BCUT2D eigenvalue weighted by Gasteiger charge is 2.13. The largest absolute Gasteiger partial charge is 0.484 e. The van der Waals surface area contributed by atoms with E-state index in [2.05, 4.69) is 47.2 Å². The van der Waals surface area contributed by atoms with Crippen LogP contribution in [0.1, 0.15) is 25.5 Å². The molecule has 1 atom stereocenters. The smallest absolute Gasteiger partial charge is 0.136 e. The highest BCUT2D eigenvalue weighted by Crippen LogP contribution is 2.23. The van der Waals surface area contributed by atoms with Gasteiger partial charge in [0.1, 0.15) is 11.9 Å². The van der Waals surface area contributed by atoms with Crippen LogP contribution in [-0.4, -0.2) is 12.6 Å². The van der Waals surface area contributed by atoms with Crippen molar-refractivity contribution in [3.63, 3.8) is 0 Å². The minimum Gasteiger partial charge on any atom is -0.484 e. The molecular formula is C17H20BrNO. The molecule has 0 radical (unpaired) electrons. The van der Waals surface area contributed by atoms with Crippen LogP contribution in [0.3, 0.4) is 0 Å². The van der Waals surface area contributed by atoms with Crippen molar-refractivity contribution in [3.8, 4) is 5.75 Å². The Hall–Kier alpha value is -1.32. The summed E-state index contributed by atoms with van der Waals surface area (Å²) in [5.41, 5.74) is 1.18. The quantitative estimate of drug-likeness (QED) is 0.836. The third kappa shape index (κ3) is 4.66. The molecule has 0 bridgehead atoms. The van der Waals surface area contributed by atoms with Crippen molar-refractivity contribution in [2.45, 2.75) is 26.0 Å². The van der Waals surface area contributed by atoms with E-state index < -0.39 is 0 Å². The summed E-state index contributed by atoms with van der Waals surface area (Å²) < 4.78 is 7.18. The van der Waals surface area contributed by atoms with E-state index >= 15 is 0 Å². The molecule has 0 fully saturated rings. The molecule has 2 rings (SSSR count). The molecule has 3 heteroatoms. The average molecular weight is 334 g/mol. The molecule has 0 saturated heterocycles. The second-order valence-corrected chi connectivity index (χ2v) is 5.95. The number of nitrogens with one attached hydrogen (secondary N) is 1. The molecule has 0 spiro atoms. The second-order valence-electron chi connectivity index (χ2n) is 5.03. The number of hydrogen-bond donors (Lipinski definition) is 1. The highest BCUT2D eigenvalue weighted by atomic mass is 79.9. The van der Waals surface area contributed by atoms with Gasteiger partial charge in [-0.15, -0.1) is 0 Å². The minimum atomic E-state index is 0.0137. The Balaban J connectivity index is 2.12. The Labute approximate surface area is 129 Å². The summed E-state index contributed by atoms with van der Waals surface area (Å²) in [5, 5.41) is 3.44. The van der Waals surface area contributed by atoms with Crippen molar-refractivity contribution in [2.75, 3.05) is 6.54 Å². The molecule has 2 aromatic carbocycles. The number of hydrogen-bond acceptors (Lipinski definition) is 2. The van der Waals surface area contributed by atoms with E-state index in [1.165, 1.54) is 5.56 Å². The summed E-state index contributed by atoms with van der Waals surface area (Å²) in [5.74, 6) is 0.882. The number of ether oxygens (including phenoxy) is 1. The zero-order valence-corrected chi connectivity index (χ0v) is 13.4. The summed E-state index contributed by atoms with van der Waals surface area (Å²) >= 11 is 3.44. The normalized spacial score (nSPS) is 12.4. The Morgan fingerprint density at radius 2 is 1.65 bits per heavy atom. The van der Waals surface area contributed by atoms with Gasteiger partial charge in [-0.3, -0.25) is 0 Å². The molecule has 0 aromatic heterocycles. The second kappa shape index (κ2) is 7.46. The summed E-state index contributed by atoms with van der Waals surface area (Å²) in [7, 11) is 0. The van der Waals surface area contributed by atoms with E-state index in [9.17, 15) is 0 Å². The van der Waals surface area contributed by atoms with Gasteiger partial charge in [-0.05, 0) is 29.8 Å². The van der Waals surface area contributed by atoms with Crippen LogP contribution in [0.15, 0.2) is 59.1 Å². The Morgan fingerprint density at radius 1 is 1.00 bits per heavy atom. The standard InChI is InChI=1S/C17H20BrNO/c1-13(2)19-12-17(14-6-4-3-5-7-14)20-16-10-8-15(18)9-11-16/h3-11,13,17,19H,12H2,1-2H3. The highest BCUT2D eigenvalue weighted by molar-refractivity contribution is 9.10. The van der Waals surface area contributed by atoms with Crippen molar-refractivity contribution in [3.05, 3.63) is 64.6 Å². The number of rotatable bonds is 6. The molecule has 0 amide bonds. The molecule has 0 aliphatic heterocycles. The maximum absolute atomic E-state index is 6.12. The molecule has 2 nitrogen and oxygen atoms in total. The third-order valence-corrected chi connectivity index (χ3v) is 3.50. The van der Waals surface area contributed by atoms with Gasteiger partial charge >= 0.3 is 0 Å². The third-order valence-electron chi connectivity index (χ3n) is 2.97. The molecule has 20 heavy (non-hydrogen) atoms. The minimum absolute atomic E-state index is 0.0137. The molecule has 1 unspecified atom stereocenters.